The van der Waals surface area contributed by atoms with Gasteiger partial charge in [-0.25, -0.2) is 4.79 Å². The van der Waals surface area contributed by atoms with Crippen molar-refractivity contribution in [1.29, 1.82) is 0 Å². The number of nitrogens with zero attached hydrogens (tertiary/aromatic N) is 1. The number of carbonyl (C=O) groups is 4. The molecule has 2 aliphatic heterocycles. The first-order valence-corrected chi connectivity index (χ1v) is 10.9. The van der Waals surface area contributed by atoms with Crippen LogP contribution in [-0.2, 0) is 19.2 Å². The summed E-state index contributed by atoms with van der Waals surface area (Å²) in [5, 5.41) is 11.7. The summed E-state index contributed by atoms with van der Waals surface area (Å²) in [6.07, 6.45) is 0. The number of thioether (sulfide) groups is 1. The molecular weight excluding hydrogens is 455 g/mol. The van der Waals surface area contributed by atoms with E-state index in [1.54, 1.807) is 74.5 Å². The molecule has 8 nitrogen and oxygen atoms in total. The van der Waals surface area contributed by atoms with Gasteiger partial charge in [-0.1, -0.05) is 48.5 Å². The molecule has 0 aromatic heterocycles. The van der Waals surface area contributed by atoms with Crippen LogP contribution < -0.4 is 10.1 Å². The summed E-state index contributed by atoms with van der Waals surface area (Å²) in [5.41, 5.74) is 0.428. The summed E-state index contributed by atoms with van der Waals surface area (Å²) in [5.74, 6) is -3.99. The Labute approximate surface area is 217 Å². The van der Waals surface area contributed by atoms with Gasteiger partial charge >= 0.3 is 41.5 Å². The van der Waals surface area contributed by atoms with Crippen molar-refractivity contribution in [3.63, 3.8) is 0 Å². The molecule has 4 rings (SSSR count). The van der Waals surface area contributed by atoms with Crippen molar-refractivity contribution in [3.8, 4) is 5.75 Å². The summed E-state index contributed by atoms with van der Waals surface area (Å²) >= 11 is 1.32. The van der Waals surface area contributed by atoms with Crippen molar-refractivity contribution in [2.75, 3.05) is 0 Å². The Morgan fingerprint density at radius 3 is 2.21 bits per heavy atom. The predicted molar refractivity (Wildman–Crippen MR) is 124 cm³/mol. The molecule has 2 aromatic rings. The number of hydrogen-bond donors (Lipinski definition) is 2. The number of esters is 1. The average molecular weight is 479 g/mol. The van der Waals surface area contributed by atoms with Gasteiger partial charge in [-0.3, -0.25) is 14.4 Å². The Balaban J connectivity index is 0.00000306. The Morgan fingerprint density at radius 2 is 1.64 bits per heavy atom. The number of hydrogen-bond acceptors (Lipinski definition) is 6. The molecule has 0 unspecified atom stereocenters. The summed E-state index contributed by atoms with van der Waals surface area (Å²) in [4.78, 5) is 51.8. The van der Waals surface area contributed by atoms with Gasteiger partial charge in [0.15, 0.2) is 5.92 Å². The van der Waals surface area contributed by atoms with E-state index in [4.69, 9.17) is 4.74 Å². The number of nitrogens with one attached hydrogen (secondary N) is 1. The first-order chi connectivity index (χ1) is 15.2. The molecule has 2 fully saturated rings. The van der Waals surface area contributed by atoms with Crippen LogP contribution in [0.3, 0.4) is 0 Å². The Bertz CT molecular complexity index is 1070. The van der Waals surface area contributed by atoms with Gasteiger partial charge in [0.25, 0.3) is 0 Å². The number of β-lactam (4-membered cyclic amide) rings is 1. The van der Waals surface area contributed by atoms with E-state index in [9.17, 15) is 24.3 Å². The summed E-state index contributed by atoms with van der Waals surface area (Å²) in [6.45, 7) is 3.51. The Morgan fingerprint density at radius 1 is 1.06 bits per heavy atom. The molecule has 10 heteroatoms. The van der Waals surface area contributed by atoms with Gasteiger partial charge in [0.1, 0.15) is 23.2 Å². The Kier molecular flexibility index (Phi) is 7.58. The number of carboxylic acid groups (broad SMARTS) is 1. The van der Waals surface area contributed by atoms with Gasteiger partial charge in [-0.05, 0) is 31.5 Å². The first kappa shape index (κ1) is 25.3. The van der Waals surface area contributed by atoms with Crippen LogP contribution in [0.1, 0.15) is 25.3 Å². The maximum atomic E-state index is 13.2. The zero-order valence-corrected chi connectivity index (χ0v) is 18.2. The normalized spacial score (nSPS) is 23.4. The second-order valence-corrected chi connectivity index (χ2v) is 9.93. The van der Waals surface area contributed by atoms with Crippen LogP contribution in [0.15, 0.2) is 60.7 Å². The molecular formula is C23H23N2NaO6S. The topological polar surface area (TPSA) is 113 Å². The number of amides is 2. The van der Waals surface area contributed by atoms with Crippen molar-refractivity contribution in [2.24, 2.45) is 0 Å². The van der Waals surface area contributed by atoms with Gasteiger partial charge < -0.3 is 20.1 Å². The monoisotopic (exact) mass is 478 g/mol. The zero-order chi connectivity index (χ0) is 23.0. The van der Waals surface area contributed by atoms with Crippen molar-refractivity contribution < 1.29 is 29.0 Å². The van der Waals surface area contributed by atoms with E-state index < -0.39 is 51.9 Å². The summed E-state index contributed by atoms with van der Waals surface area (Å²) in [6, 6.07) is 15.0. The van der Waals surface area contributed by atoms with Crippen LogP contribution in [0.2, 0.25) is 0 Å². The fourth-order valence-electron chi connectivity index (χ4n) is 4.09. The number of ether oxygens (including phenoxy) is 1. The van der Waals surface area contributed by atoms with E-state index in [1.807, 2.05) is 0 Å². The summed E-state index contributed by atoms with van der Waals surface area (Å²) < 4.78 is 4.69. The van der Waals surface area contributed by atoms with E-state index in [0.29, 0.717) is 11.3 Å². The molecule has 168 valence electrons. The molecule has 0 aliphatic carbocycles. The minimum atomic E-state index is -1.28. The van der Waals surface area contributed by atoms with Gasteiger partial charge in [-0.15, -0.1) is 11.8 Å². The number of para-hydroxylation sites is 1. The van der Waals surface area contributed by atoms with Gasteiger partial charge in [-0.2, -0.15) is 0 Å². The molecule has 2 heterocycles. The molecule has 2 aliphatic rings. The van der Waals surface area contributed by atoms with E-state index in [-0.39, 0.29) is 29.6 Å². The van der Waals surface area contributed by atoms with Crippen LogP contribution in [0.4, 0.5) is 0 Å². The zero-order valence-electron chi connectivity index (χ0n) is 17.4. The van der Waals surface area contributed by atoms with E-state index in [2.05, 4.69) is 5.32 Å². The number of benzene rings is 2. The number of fused-ring (bicyclic) bond motifs is 1. The third-order valence-corrected chi connectivity index (χ3v) is 7.14. The summed E-state index contributed by atoms with van der Waals surface area (Å²) in [7, 11) is 0. The molecule has 4 atom stereocenters. The maximum absolute atomic E-state index is 13.2. The predicted octanol–water partition coefficient (Wildman–Crippen LogP) is 1.36. The molecule has 2 amide bonds. The fraction of sp³-hybridized carbons (Fsp3) is 0.304. The number of carbonyl (C=O) groups excluding carboxylic acids is 3. The number of carboxylic acids is 1. The average Bonchev–Trinajstić information content (AvgIpc) is 3.01. The van der Waals surface area contributed by atoms with Crippen molar-refractivity contribution in [1.82, 2.24) is 10.2 Å². The molecule has 0 radical (unpaired) electrons. The van der Waals surface area contributed by atoms with Crippen LogP contribution >= 0.6 is 11.8 Å². The molecule has 33 heavy (non-hydrogen) atoms. The van der Waals surface area contributed by atoms with E-state index in [1.165, 1.54) is 16.7 Å². The van der Waals surface area contributed by atoms with E-state index in [0.717, 1.165) is 0 Å². The second-order valence-electron chi connectivity index (χ2n) is 8.16. The third-order valence-electron chi connectivity index (χ3n) is 5.57. The van der Waals surface area contributed by atoms with Crippen LogP contribution in [-0.4, -0.2) is 85.5 Å². The van der Waals surface area contributed by atoms with Gasteiger partial charge in [0.2, 0.25) is 11.8 Å². The van der Waals surface area contributed by atoms with Crippen LogP contribution in [0.5, 0.6) is 5.75 Å². The number of aliphatic carboxylic acids is 1. The quantitative estimate of drug-likeness (QED) is 0.212. The first-order valence-electron chi connectivity index (χ1n) is 10.1. The van der Waals surface area contributed by atoms with Gasteiger partial charge in [0.05, 0.1) is 0 Å². The minimum absolute atomic E-state index is 0. The van der Waals surface area contributed by atoms with Crippen LogP contribution in [0, 0.1) is 0 Å². The molecule has 2 saturated heterocycles. The third kappa shape index (κ3) is 4.82. The SMILES string of the molecule is CC1(C)S[C@@H]2[C@H](NC(=O)[C@@H](C(=O)Oc3ccccc3)c3ccccc3)C(=O)N2[C@H]1C(=O)O.[NaH]. The van der Waals surface area contributed by atoms with E-state index >= 15 is 0 Å². The van der Waals surface area contributed by atoms with Gasteiger partial charge in [0, 0.05) is 4.75 Å². The molecule has 0 saturated carbocycles. The fourth-order valence-corrected chi connectivity index (χ4v) is 5.71. The van der Waals surface area contributed by atoms with Crippen LogP contribution in [0.25, 0.3) is 0 Å². The van der Waals surface area contributed by atoms with Crippen molar-refractivity contribution in [3.05, 3.63) is 66.2 Å². The molecule has 0 bridgehead atoms. The van der Waals surface area contributed by atoms with Crippen molar-refractivity contribution >= 4 is 65.1 Å². The standard InChI is InChI=1S/C23H22N2O6S.Na.H/c1-23(2)17(21(28)29)25-19(27)16(20(25)32-23)24-18(26)15(13-9-5-3-6-10-13)22(30)31-14-11-7-4-8-12-14;;/h3-12,15-17,20H,1-2H3,(H,24,26)(H,28,29);;/t15-,16+,17-,20+;;/m0../s1. The molecule has 0 spiro atoms. The number of rotatable bonds is 6. The Hall–Kier alpha value is -2.33. The molecule has 2 aromatic carbocycles. The molecule has 2 N–H and O–H groups in total. The second kappa shape index (κ2) is 9.89. The van der Waals surface area contributed by atoms with Crippen molar-refractivity contribution in [2.45, 2.75) is 42.0 Å².